The number of amides is 3. The number of fused-ring (bicyclic) bond motifs is 4. The number of carbonyl (C=O) groups excluding carboxylic acids is 3. The highest BCUT2D eigenvalue weighted by Gasteiger charge is 2.38. The number of carbonyl (C=O) groups is 3. The number of nitrogens with one attached hydrogen (secondary N) is 3. The fraction of sp³-hybridized carbons (Fsp3) is 0.409. The summed E-state index contributed by atoms with van der Waals surface area (Å²) in [7, 11) is 5.17. The van der Waals surface area contributed by atoms with E-state index in [9.17, 15) is 14.4 Å². The van der Waals surface area contributed by atoms with E-state index >= 15 is 0 Å². The van der Waals surface area contributed by atoms with Crippen LogP contribution < -0.4 is 5.32 Å². The number of likely N-dealkylation sites (N-methyl/N-ethyl adjacent to an activating group) is 1. The summed E-state index contributed by atoms with van der Waals surface area (Å²) in [5.74, 6) is 1.48. The van der Waals surface area contributed by atoms with Crippen LogP contribution in [0.15, 0.2) is 79.3 Å². The van der Waals surface area contributed by atoms with E-state index in [0.717, 1.165) is 95.1 Å². The summed E-state index contributed by atoms with van der Waals surface area (Å²) in [6.07, 6.45) is 10.1. The number of methoxy groups -OCH3 is 1. The Kier molecular flexibility index (Phi) is 11.6. The lowest BCUT2D eigenvalue weighted by molar-refractivity contribution is -0.137. The molecule has 1 unspecified atom stereocenters. The van der Waals surface area contributed by atoms with Gasteiger partial charge < -0.3 is 34.6 Å². The van der Waals surface area contributed by atoms with Crippen molar-refractivity contribution in [1.82, 2.24) is 44.9 Å². The minimum absolute atomic E-state index is 0.0663. The van der Waals surface area contributed by atoms with Gasteiger partial charge in [-0.25, -0.2) is 14.8 Å². The Balaban J connectivity index is 0.972. The van der Waals surface area contributed by atoms with Gasteiger partial charge in [0.1, 0.15) is 23.7 Å². The Labute approximate surface area is 338 Å². The Morgan fingerprint density at radius 1 is 0.845 bits per heavy atom. The normalized spacial score (nSPS) is 20.6. The summed E-state index contributed by atoms with van der Waals surface area (Å²) in [5.41, 5.74) is 7.63. The van der Waals surface area contributed by atoms with E-state index in [1.165, 1.54) is 7.11 Å². The fourth-order valence-electron chi connectivity index (χ4n) is 8.63. The Morgan fingerprint density at radius 2 is 1.53 bits per heavy atom. The predicted octanol–water partition coefficient (Wildman–Crippen LogP) is 6.58. The number of alkyl carbamates (subject to hydrolysis) is 1. The van der Waals surface area contributed by atoms with Crippen LogP contribution in [0, 0.1) is 0 Å². The molecule has 14 heteroatoms. The minimum Gasteiger partial charge on any atom is -0.453 e. The molecule has 3 amide bonds. The second-order valence-corrected chi connectivity index (χ2v) is 15.5. The van der Waals surface area contributed by atoms with Crippen molar-refractivity contribution in [3.05, 3.63) is 102 Å². The first-order valence-electron chi connectivity index (χ1n) is 20.2. The summed E-state index contributed by atoms with van der Waals surface area (Å²) in [6.45, 7) is 2.20. The van der Waals surface area contributed by atoms with Crippen molar-refractivity contribution < 1.29 is 23.9 Å². The first-order chi connectivity index (χ1) is 28.3. The molecule has 5 aromatic rings. The highest BCUT2D eigenvalue weighted by molar-refractivity contribution is 5.86. The molecule has 6 heterocycles. The zero-order chi connectivity index (χ0) is 40.2. The summed E-state index contributed by atoms with van der Waals surface area (Å²) in [6, 6.07) is 19.2. The van der Waals surface area contributed by atoms with Gasteiger partial charge in [-0.15, -0.1) is 0 Å². The molecule has 3 aliphatic heterocycles. The van der Waals surface area contributed by atoms with E-state index in [1.807, 2.05) is 47.1 Å². The summed E-state index contributed by atoms with van der Waals surface area (Å²) >= 11 is 0. The second kappa shape index (κ2) is 17.3. The van der Waals surface area contributed by atoms with Crippen LogP contribution in [-0.2, 0) is 25.7 Å². The predicted molar refractivity (Wildman–Crippen MR) is 218 cm³/mol. The van der Waals surface area contributed by atoms with Crippen LogP contribution in [-0.4, -0.2) is 104 Å². The largest absolute Gasteiger partial charge is 0.453 e. The number of hydrogen-bond acceptors (Lipinski definition) is 9. The summed E-state index contributed by atoms with van der Waals surface area (Å²) < 4.78 is 10.9. The smallest absolute Gasteiger partial charge is 0.407 e. The molecule has 3 N–H and O–H groups in total. The number of nitrogens with zero attached hydrogens (tertiary/aromatic N) is 6. The maximum Gasteiger partial charge on any atom is 0.407 e. The van der Waals surface area contributed by atoms with Gasteiger partial charge in [-0.05, 0) is 93.4 Å². The van der Waals surface area contributed by atoms with Crippen molar-refractivity contribution in [1.29, 1.82) is 0 Å². The van der Waals surface area contributed by atoms with E-state index < -0.39 is 18.2 Å². The van der Waals surface area contributed by atoms with Crippen molar-refractivity contribution in [2.75, 3.05) is 40.9 Å². The second-order valence-electron chi connectivity index (χ2n) is 15.5. The first-order valence-corrected chi connectivity index (χ1v) is 20.2. The van der Waals surface area contributed by atoms with Crippen LogP contribution in [0.5, 0.6) is 0 Å². The average molecular weight is 786 g/mol. The zero-order valence-electron chi connectivity index (χ0n) is 33.3. The molecule has 0 saturated carbocycles. The van der Waals surface area contributed by atoms with Gasteiger partial charge in [0.15, 0.2) is 0 Å². The molecule has 2 bridgehead atoms. The lowest BCUT2D eigenvalue weighted by Gasteiger charge is -2.31. The van der Waals surface area contributed by atoms with Gasteiger partial charge in [-0.1, -0.05) is 48.5 Å². The maximum atomic E-state index is 13.9. The number of ether oxygens (including phenoxy) is 2. The molecule has 14 nitrogen and oxygen atoms in total. The molecule has 2 aromatic carbocycles. The van der Waals surface area contributed by atoms with E-state index in [0.29, 0.717) is 32.7 Å². The lowest BCUT2D eigenvalue weighted by Crippen LogP contribution is -2.48. The van der Waals surface area contributed by atoms with Crippen molar-refractivity contribution in [2.45, 2.75) is 75.7 Å². The number of aromatic nitrogens is 5. The van der Waals surface area contributed by atoms with Gasteiger partial charge in [0.2, 0.25) is 11.8 Å². The van der Waals surface area contributed by atoms with Crippen LogP contribution in [0.2, 0.25) is 0 Å². The molecule has 0 aliphatic carbocycles. The van der Waals surface area contributed by atoms with Crippen LogP contribution in [0.25, 0.3) is 33.6 Å². The van der Waals surface area contributed by atoms with Crippen molar-refractivity contribution in [3.63, 3.8) is 0 Å². The molecule has 2 fully saturated rings. The van der Waals surface area contributed by atoms with Gasteiger partial charge >= 0.3 is 6.09 Å². The van der Waals surface area contributed by atoms with Crippen LogP contribution in [0.3, 0.4) is 0 Å². The molecule has 0 radical (unpaired) electrons. The zero-order valence-corrected chi connectivity index (χ0v) is 33.3. The Bertz CT molecular complexity index is 2200. The number of aromatic amines is 2. The molecular weight excluding hydrogens is 735 g/mol. The molecule has 8 rings (SSSR count). The Morgan fingerprint density at radius 3 is 2.26 bits per heavy atom. The monoisotopic (exact) mass is 785 g/mol. The molecule has 2 saturated heterocycles. The molecule has 302 valence electrons. The Hall–Kier alpha value is -5.86. The van der Waals surface area contributed by atoms with Crippen LogP contribution in [0.4, 0.5) is 4.79 Å². The first kappa shape index (κ1) is 39.0. The topological polar surface area (TPSA) is 162 Å². The van der Waals surface area contributed by atoms with E-state index in [1.54, 1.807) is 12.4 Å². The number of benzene rings is 2. The number of H-pyrrole nitrogens is 2. The molecule has 3 aliphatic rings. The van der Waals surface area contributed by atoms with Crippen LogP contribution >= 0.6 is 0 Å². The molecule has 3 aromatic heterocycles. The quantitative estimate of drug-likeness (QED) is 0.158. The number of hydrogen-bond donors (Lipinski definition) is 3. The van der Waals surface area contributed by atoms with E-state index in [4.69, 9.17) is 19.4 Å². The van der Waals surface area contributed by atoms with Crippen LogP contribution in [0.1, 0.15) is 86.0 Å². The number of likely N-dealkylation sites (tertiary alicyclic amines) is 1. The maximum absolute atomic E-state index is 13.9. The van der Waals surface area contributed by atoms with Gasteiger partial charge in [-0.3, -0.25) is 19.5 Å². The third-order valence-electron chi connectivity index (χ3n) is 11.6. The third kappa shape index (κ3) is 8.12. The van der Waals surface area contributed by atoms with Gasteiger partial charge in [0, 0.05) is 37.7 Å². The van der Waals surface area contributed by atoms with Crippen molar-refractivity contribution >= 4 is 17.9 Å². The van der Waals surface area contributed by atoms with Crippen molar-refractivity contribution in [3.8, 4) is 33.6 Å². The van der Waals surface area contributed by atoms with E-state index in [-0.39, 0.29) is 23.9 Å². The SMILES string of the molecule is COC(=O)N[C@H]1CCCCOCc2[nH]c(nc2-c2ccc(-c3ccc(-c4cnc([C@@H]5CCCN5C(=O)C(c5ccncc5)N(C)C)[nH]4)cc3)cc2)[C@@H]2CCCN2C1=O. The molecule has 4 atom stereocenters. The lowest BCUT2D eigenvalue weighted by atomic mass is 10.0. The van der Waals surface area contributed by atoms with E-state index in [2.05, 4.69) is 68.8 Å². The van der Waals surface area contributed by atoms with Gasteiger partial charge in [0.05, 0.1) is 49.1 Å². The third-order valence-corrected chi connectivity index (χ3v) is 11.6. The van der Waals surface area contributed by atoms with Gasteiger partial charge in [-0.2, -0.15) is 0 Å². The highest BCUT2D eigenvalue weighted by atomic mass is 16.5. The molecular formula is C44H51N9O5. The standard InChI is InChI=1S/C44H51N9O5/c1-51(2)39(32-19-21-45-22-20-32)43(55)53-24-6-9-36(53)40-46-26-34(47-40)30-15-11-28(12-16-30)29-13-17-31(18-14-29)38-35-27-58-25-5-4-8-33(49-44(56)57-3)42(54)52-23-7-10-37(52)41(48-35)50-38/h11-22,26,33,36-37,39H,4-10,23-25,27H2,1-3H3,(H,46,47)(H,48,50)(H,49,56)/t33-,36-,37-,39?/m0/s1. The molecule has 0 spiro atoms. The highest BCUT2D eigenvalue weighted by Crippen LogP contribution is 2.37. The summed E-state index contributed by atoms with van der Waals surface area (Å²) in [4.78, 5) is 66.6. The fourth-order valence-corrected chi connectivity index (χ4v) is 8.63. The number of pyridine rings is 1. The number of rotatable bonds is 8. The van der Waals surface area contributed by atoms with Gasteiger partial charge in [0.25, 0.3) is 0 Å². The molecule has 58 heavy (non-hydrogen) atoms. The summed E-state index contributed by atoms with van der Waals surface area (Å²) in [5, 5.41) is 2.75. The average Bonchev–Trinajstić information content (AvgIpc) is 4.08. The van der Waals surface area contributed by atoms with Crippen molar-refractivity contribution in [2.24, 2.45) is 0 Å². The number of imidazole rings is 2. The minimum atomic E-state index is -0.665.